The first kappa shape index (κ1) is 15.4. The third-order valence-electron chi connectivity index (χ3n) is 3.39. The molecule has 1 heterocycles. The van der Waals surface area contributed by atoms with Crippen LogP contribution < -0.4 is 5.32 Å². The van der Waals surface area contributed by atoms with Crippen molar-refractivity contribution in [2.45, 2.75) is 38.8 Å². The van der Waals surface area contributed by atoms with Crippen LogP contribution in [0.1, 0.15) is 27.2 Å². The zero-order valence-electron chi connectivity index (χ0n) is 12.0. The topological polar surface area (TPSA) is 50.8 Å². The standard InChI is InChI=1S/C13H26N2O3/c1-5-14-13(3,12(16)18-6-2)10-15(4)11-7-8-17-9-11/h11,14H,5-10H2,1-4H3. The molecule has 0 aromatic heterocycles. The minimum absolute atomic E-state index is 0.183. The summed E-state index contributed by atoms with van der Waals surface area (Å²) >= 11 is 0. The van der Waals surface area contributed by atoms with E-state index in [1.807, 2.05) is 27.8 Å². The molecule has 0 aliphatic carbocycles. The number of esters is 1. The maximum Gasteiger partial charge on any atom is 0.327 e. The predicted molar refractivity (Wildman–Crippen MR) is 70.6 cm³/mol. The highest BCUT2D eigenvalue weighted by Gasteiger charge is 2.37. The number of ether oxygens (including phenoxy) is 2. The molecule has 1 aliphatic rings. The van der Waals surface area contributed by atoms with Crippen LogP contribution in [0.15, 0.2) is 0 Å². The normalized spacial score (nSPS) is 23.1. The van der Waals surface area contributed by atoms with Crippen LogP contribution in [0.2, 0.25) is 0 Å². The summed E-state index contributed by atoms with van der Waals surface area (Å²) in [6, 6.07) is 0.400. The minimum atomic E-state index is -0.651. The van der Waals surface area contributed by atoms with Crippen molar-refractivity contribution in [1.82, 2.24) is 10.2 Å². The van der Waals surface area contributed by atoms with Crippen molar-refractivity contribution in [3.63, 3.8) is 0 Å². The van der Waals surface area contributed by atoms with Gasteiger partial charge in [0.25, 0.3) is 0 Å². The average Bonchev–Trinajstić information content (AvgIpc) is 2.83. The molecule has 0 bridgehead atoms. The quantitative estimate of drug-likeness (QED) is 0.679. The van der Waals surface area contributed by atoms with E-state index in [4.69, 9.17) is 9.47 Å². The van der Waals surface area contributed by atoms with Gasteiger partial charge in [0.05, 0.1) is 13.2 Å². The number of hydrogen-bond donors (Lipinski definition) is 1. The summed E-state index contributed by atoms with van der Waals surface area (Å²) in [6.07, 6.45) is 1.03. The number of hydrogen-bond acceptors (Lipinski definition) is 5. The molecular weight excluding hydrogens is 232 g/mol. The summed E-state index contributed by atoms with van der Waals surface area (Å²) in [5.41, 5.74) is -0.651. The Hall–Kier alpha value is -0.650. The van der Waals surface area contributed by atoms with Gasteiger partial charge in [-0.3, -0.25) is 9.69 Å². The summed E-state index contributed by atoms with van der Waals surface area (Å²) < 4.78 is 10.5. The number of carbonyl (C=O) groups is 1. The molecule has 5 nitrogen and oxygen atoms in total. The largest absolute Gasteiger partial charge is 0.465 e. The molecule has 1 rings (SSSR count). The van der Waals surface area contributed by atoms with Gasteiger partial charge in [-0.2, -0.15) is 0 Å². The highest BCUT2D eigenvalue weighted by Crippen LogP contribution is 2.15. The zero-order chi connectivity index (χ0) is 13.6. The molecule has 2 atom stereocenters. The van der Waals surface area contributed by atoms with Gasteiger partial charge in [-0.25, -0.2) is 0 Å². The first-order chi connectivity index (χ1) is 8.53. The molecular formula is C13H26N2O3. The van der Waals surface area contributed by atoms with E-state index < -0.39 is 5.54 Å². The molecule has 5 heteroatoms. The van der Waals surface area contributed by atoms with Crippen LogP contribution in [0.3, 0.4) is 0 Å². The number of nitrogens with one attached hydrogen (secondary N) is 1. The summed E-state index contributed by atoms with van der Waals surface area (Å²) in [7, 11) is 2.04. The lowest BCUT2D eigenvalue weighted by Gasteiger charge is -2.34. The second-order valence-electron chi connectivity index (χ2n) is 5.02. The minimum Gasteiger partial charge on any atom is -0.465 e. The van der Waals surface area contributed by atoms with E-state index in [9.17, 15) is 4.79 Å². The molecule has 1 aliphatic heterocycles. The van der Waals surface area contributed by atoms with Gasteiger partial charge in [0.2, 0.25) is 0 Å². The van der Waals surface area contributed by atoms with Crippen LogP contribution in [0, 0.1) is 0 Å². The van der Waals surface area contributed by atoms with Crippen molar-refractivity contribution < 1.29 is 14.3 Å². The van der Waals surface area contributed by atoms with E-state index in [2.05, 4.69) is 10.2 Å². The van der Waals surface area contributed by atoms with Crippen molar-refractivity contribution >= 4 is 5.97 Å². The first-order valence-electron chi connectivity index (χ1n) is 6.73. The number of likely N-dealkylation sites (N-methyl/N-ethyl adjacent to an activating group) is 2. The van der Waals surface area contributed by atoms with Gasteiger partial charge in [-0.1, -0.05) is 6.92 Å². The number of nitrogens with zero attached hydrogens (tertiary/aromatic N) is 1. The lowest BCUT2D eigenvalue weighted by Crippen LogP contribution is -2.58. The zero-order valence-corrected chi connectivity index (χ0v) is 12.0. The Bertz CT molecular complexity index is 267. The van der Waals surface area contributed by atoms with Crippen LogP contribution in [0.25, 0.3) is 0 Å². The molecule has 18 heavy (non-hydrogen) atoms. The van der Waals surface area contributed by atoms with Crippen molar-refractivity contribution in [2.75, 3.05) is 40.0 Å². The fourth-order valence-electron chi connectivity index (χ4n) is 2.37. The maximum atomic E-state index is 12.1. The van der Waals surface area contributed by atoms with Gasteiger partial charge in [-0.15, -0.1) is 0 Å². The Kier molecular flexibility index (Phi) is 6.05. The van der Waals surface area contributed by atoms with E-state index in [0.717, 1.165) is 26.2 Å². The fourth-order valence-corrected chi connectivity index (χ4v) is 2.37. The molecule has 0 spiro atoms. The van der Waals surface area contributed by atoms with Crippen LogP contribution in [0.5, 0.6) is 0 Å². The monoisotopic (exact) mass is 258 g/mol. The van der Waals surface area contributed by atoms with E-state index in [-0.39, 0.29) is 5.97 Å². The van der Waals surface area contributed by atoms with Crippen molar-refractivity contribution in [3.8, 4) is 0 Å². The van der Waals surface area contributed by atoms with Crippen molar-refractivity contribution in [1.29, 1.82) is 0 Å². The number of carbonyl (C=O) groups excluding carboxylic acids is 1. The lowest BCUT2D eigenvalue weighted by molar-refractivity contribution is -0.151. The predicted octanol–water partition coefficient (Wildman–Crippen LogP) is 0.638. The van der Waals surface area contributed by atoms with Gasteiger partial charge in [0.1, 0.15) is 5.54 Å². The highest BCUT2D eigenvalue weighted by molar-refractivity contribution is 5.80. The summed E-state index contributed by atoms with van der Waals surface area (Å²) in [6.45, 7) is 9.08. The molecule has 1 fully saturated rings. The van der Waals surface area contributed by atoms with Crippen LogP contribution in [0.4, 0.5) is 0 Å². The van der Waals surface area contributed by atoms with Crippen LogP contribution >= 0.6 is 0 Å². The average molecular weight is 258 g/mol. The third kappa shape index (κ3) is 3.93. The van der Waals surface area contributed by atoms with E-state index in [0.29, 0.717) is 19.2 Å². The smallest absolute Gasteiger partial charge is 0.327 e. The lowest BCUT2D eigenvalue weighted by atomic mass is 10.0. The molecule has 0 aromatic carbocycles. The second-order valence-corrected chi connectivity index (χ2v) is 5.02. The van der Waals surface area contributed by atoms with E-state index in [1.54, 1.807) is 0 Å². The van der Waals surface area contributed by atoms with E-state index in [1.165, 1.54) is 0 Å². The molecule has 0 saturated carbocycles. The van der Waals surface area contributed by atoms with E-state index >= 15 is 0 Å². The maximum absolute atomic E-state index is 12.1. The fraction of sp³-hybridized carbons (Fsp3) is 0.923. The van der Waals surface area contributed by atoms with Gasteiger partial charge in [0.15, 0.2) is 0 Å². The third-order valence-corrected chi connectivity index (χ3v) is 3.39. The Balaban J connectivity index is 2.62. The second kappa shape index (κ2) is 7.07. The Labute approximate surface area is 110 Å². The van der Waals surface area contributed by atoms with Gasteiger partial charge in [-0.05, 0) is 33.9 Å². The molecule has 1 saturated heterocycles. The summed E-state index contributed by atoms with van der Waals surface area (Å²) in [5, 5.41) is 3.24. The molecule has 0 amide bonds. The van der Waals surface area contributed by atoms with Crippen molar-refractivity contribution in [2.24, 2.45) is 0 Å². The van der Waals surface area contributed by atoms with Gasteiger partial charge in [0, 0.05) is 19.2 Å². The summed E-state index contributed by atoms with van der Waals surface area (Å²) in [5.74, 6) is -0.183. The van der Waals surface area contributed by atoms with Crippen LogP contribution in [-0.2, 0) is 14.3 Å². The summed E-state index contributed by atoms with van der Waals surface area (Å²) in [4.78, 5) is 14.2. The molecule has 2 unspecified atom stereocenters. The highest BCUT2D eigenvalue weighted by atomic mass is 16.5. The molecule has 1 N–H and O–H groups in total. The van der Waals surface area contributed by atoms with Gasteiger partial charge >= 0.3 is 5.97 Å². The Morgan fingerprint density at radius 1 is 1.56 bits per heavy atom. The molecule has 0 aromatic rings. The van der Waals surface area contributed by atoms with Crippen molar-refractivity contribution in [3.05, 3.63) is 0 Å². The molecule has 106 valence electrons. The van der Waals surface area contributed by atoms with Crippen LogP contribution in [-0.4, -0.2) is 62.4 Å². The Morgan fingerprint density at radius 2 is 2.28 bits per heavy atom. The molecule has 0 radical (unpaired) electrons. The number of rotatable bonds is 7. The Morgan fingerprint density at radius 3 is 2.78 bits per heavy atom. The SMILES string of the molecule is CCNC(C)(CN(C)C1CCOC1)C(=O)OCC. The van der Waals surface area contributed by atoms with Gasteiger partial charge < -0.3 is 14.8 Å². The first-order valence-corrected chi connectivity index (χ1v) is 6.73.